The van der Waals surface area contributed by atoms with Crippen LogP contribution in [0.15, 0.2) is 0 Å². The molecular formula is C9H18O6. The maximum atomic E-state index is 11.4. The molecule has 0 amide bonds. The largest absolute Gasteiger partial charge is 0.465 e. The van der Waals surface area contributed by atoms with Gasteiger partial charge in [-0.2, -0.15) is 0 Å². The van der Waals surface area contributed by atoms with E-state index in [-0.39, 0.29) is 13.2 Å². The van der Waals surface area contributed by atoms with E-state index >= 15 is 0 Å². The van der Waals surface area contributed by atoms with E-state index in [1.807, 2.05) is 0 Å². The summed E-state index contributed by atoms with van der Waals surface area (Å²) in [4.78, 5) is 20.7. The quantitative estimate of drug-likeness (QED) is 0.249. The smallest absolute Gasteiger partial charge is 0.319 e. The second-order valence-corrected chi connectivity index (χ2v) is 2.99. The first-order chi connectivity index (χ1) is 7.16. The van der Waals surface area contributed by atoms with Crippen LogP contribution in [0.2, 0.25) is 0 Å². The first-order valence-electron chi connectivity index (χ1n) is 4.80. The van der Waals surface area contributed by atoms with Crippen molar-refractivity contribution in [2.75, 3.05) is 33.0 Å². The molecule has 6 heteroatoms. The third-order valence-electron chi connectivity index (χ3n) is 1.85. The lowest BCUT2D eigenvalue weighted by molar-refractivity contribution is -0.310. The van der Waals surface area contributed by atoms with Crippen molar-refractivity contribution in [3.05, 3.63) is 0 Å². The molecule has 2 N–H and O–H groups in total. The maximum Gasteiger partial charge on any atom is 0.319 e. The Balaban J connectivity index is 4.35. The summed E-state index contributed by atoms with van der Waals surface area (Å²) in [6, 6.07) is 0. The predicted octanol–water partition coefficient (Wildman–Crippen LogP) is -0.511. The Morgan fingerprint density at radius 3 is 2.13 bits per heavy atom. The van der Waals surface area contributed by atoms with Gasteiger partial charge < -0.3 is 14.9 Å². The summed E-state index contributed by atoms with van der Waals surface area (Å²) in [5, 5.41) is 18.2. The molecule has 0 aromatic carbocycles. The molecular weight excluding hydrogens is 204 g/mol. The average Bonchev–Trinajstić information content (AvgIpc) is 2.25. The molecule has 0 aliphatic carbocycles. The molecule has 0 saturated carbocycles. The minimum atomic E-state index is -1.45. The van der Waals surface area contributed by atoms with Gasteiger partial charge in [-0.05, 0) is 13.8 Å². The minimum absolute atomic E-state index is 0.176. The predicted molar refractivity (Wildman–Crippen MR) is 50.8 cm³/mol. The summed E-state index contributed by atoms with van der Waals surface area (Å²) < 4.78 is 4.73. The van der Waals surface area contributed by atoms with Crippen molar-refractivity contribution in [1.82, 2.24) is 0 Å². The molecule has 0 radical (unpaired) electrons. The third kappa shape index (κ3) is 4.13. The lowest BCUT2D eigenvalue weighted by Crippen LogP contribution is -2.44. The summed E-state index contributed by atoms with van der Waals surface area (Å²) in [6.45, 7) is 2.48. The fourth-order valence-corrected chi connectivity index (χ4v) is 0.851. The molecule has 0 atom stereocenters. The SMILES string of the molecule is CCOOCC(CO)(CO)C(=O)OCC. The average molecular weight is 222 g/mol. The number of hydrogen-bond donors (Lipinski definition) is 2. The van der Waals surface area contributed by atoms with E-state index in [9.17, 15) is 4.79 Å². The Bertz CT molecular complexity index is 177. The lowest BCUT2D eigenvalue weighted by atomic mass is 9.91. The lowest BCUT2D eigenvalue weighted by Gasteiger charge is -2.25. The molecule has 15 heavy (non-hydrogen) atoms. The maximum absolute atomic E-state index is 11.4. The van der Waals surface area contributed by atoms with E-state index in [1.165, 1.54) is 0 Å². The topological polar surface area (TPSA) is 85.2 Å². The molecule has 0 unspecified atom stereocenters. The van der Waals surface area contributed by atoms with E-state index in [0.717, 1.165) is 0 Å². The number of hydrogen-bond acceptors (Lipinski definition) is 6. The second-order valence-electron chi connectivity index (χ2n) is 2.99. The summed E-state index contributed by atoms with van der Waals surface area (Å²) in [5.74, 6) is -0.699. The van der Waals surface area contributed by atoms with Gasteiger partial charge in [0, 0.05) is 0 Å². The third-order valence-corrected chi connectivity index (χ3v) is 1.85. The zero-order valence-electron chi connectivity index (χ0n) is 9.06. The van der Waals surface area contributed by atoms with E-state index in [1.54, 1.807) is 13.8 Å². The summed E-state index contributed by atoms with van der Waals surface area (Å²) >= 11 is 0. The van der Waals surface area contributed by atoms with Crippen molar-refractivity contribution in [3.8, 4) is 0 Å². The number of carbonyl (C=O) groups excluding carboxylic acids is 1. The molecule has 0 spiro atoms. The first kappa shape index (κ1) is 14.3. The van der Waals surface area contributed by atoms with E-state index < -0.39 is 24.6 Å². The van der Waals surface area contributed by atoms with E-state index in [4.69, 9.17) is 14.9 Å². The number of esters is 1. The molecule has 0 rings (SSSR count). The van der Waals surface area contributed by atoms with Gasteiger partial charge in [0.25, 0.3) is 0 Å². The molecule has 0 aliphatic rings. The van der Waals surface area contributed by atoms with Crippen LogP contribution in [0.1, 0.15) is 13.8 Å². The summed E-state index contributed by atoms with van der Waals surface area (Å²) in [5.41, 5.74) is -1.45. The molecule has 0 aromatic heterocycles. The van der Waals surface area contributed by atoms with Crippen LogP contribution in [0.5, 0.6) is 0 Å². The standard InChI is InChI=1S/C9H18O6/c1-3-13-8(12)9(5-10,6-11)7-15-14-4-2/h10-11H,3-7H2,1-2H3. The van der Waals surface area contributed by atoms with Gasteiger partial charge in [-0.25, -0.2) is 9.78 Å². The van der Waals surface area contributed by atoms with Crippen molar-refractivity contribution in [3.63, 3.8) is 0 Å². The Morgan fingerprint density at radius 2 is 1.73 bits per heavy atom. The highest BCUT2D eigenvalue weighted by Crippen LogP contribution is 2.18. The van der Waals surface area contributed by atoms with E-state index in [0.29, 0.717) is 6.61 Å². The van der Waals surface area contributed by atoms with Gasteiger partial charge in [0.1, 0.15) is 12.0 Å². The summed E-state index contributed by atoms with van der Waals surface area (Å²) in [6.07, 6.45) is 0. The highest BCUT2D eigenvalue weighted by atomic mass is 17.2. The van der Waals surface area contributed by atoms with Crippen LogP contribution in [0.3, 0.4) is 0 Å². The zero-order valence-corrected chi connectivity index (χ0v) is 9.06. The number of carbonyl (C=O) groups is 1. The molecule has 0 heterocycles. The van der Waals surface area contributed by atoms with Crippen molar-refractivity contribution in [1.29, 1.82) is 0 Å². The molecule has 0 bridgehead atoms. The monoisotopic (exact) mass is 222 g/mol. The second kappa shape index (κ2) is 7.58. The number of aliphatic hydroxyl groups excluding tert-OH is 2. The van der Waals surface area contributed by atoms with Crippen molar-refractivity contribution in [2.24, 2.45) is 5.41 Å². The van der Waals surface area contributed by atoms with Crippen LogP contribution in [0.4, 0.5) is 0 Å². The van der Waals surface area contributed by atoms with Crippen molar-refractivity contribution >= 4 is 5.97 Å². The molecule has 0 aromatic rings. The Hall–Kier alpha value is -0.690. The summed E-state index contributed by atoms with van der Waals surface area (Å²) in [7, 11) is 0. The van der Waals surface area contributed by atoms with Crippen LogP contribution in [-0.2, 0) is 19.3 Å². The van der Waals surface area contributed by atoms with Gasteiger partial charge in [0.2, 0.25) is 0 Å². The molecule has 6 nitrogen and oxygen atoms in total. The first-order valence-corrected chi connectivity index (χ1v) is 4.80. The van der Waals surface area contributed by atoms with Gasteiger partial charge in [0.05, 0.1) is 26.4 Å². The molecule has 90 valence electrons. The normalized spacial score (nSPS) is 11.5. The van der Waals surface area contributed by atoms with Gasteiger partial charge in [-0.15, -0.1) is 0 Å². The van der Waals surface area contributed by atoms with E-state index in [2.05, 4.69) is 9.78 Å². The van der Waals surface area contributed by atoms with Gasteiger partial charge in [0.15, 0.2) is 0 Å². The van der Waals surface area contributed by atoms with Gasteiger partial charge in [-0.3, -0.25) is 4.79 Å². The van der Waals surface area contributed by atoms with Crippen LogP contribution in [0.25, 0.3) is 0 Å². The van der Waals surface area contributed by atoms with Crippen LogP contribution in [-0.4, -0.2) is 49.2 Å². The van der Waals surface area contributed by atoms with Crippen molar-refractivity contribution in [2.45, 2.75) is 13.8 Å². The Morgan fingerprint density at radius 1 is 1.13 bits per heavy atom. The van der Waals surface area contributed by atoms with Crippen LogP contribution >= 0.6 is 0 Å². The highest BCUT2D eigenvalue weighted by molar-refractivity contribution is 5.77. The fourth-order valence-electron chi connectivity index (χ4n) is 0.851. The van der Waals surface area contributed by atoms with Crippen LogP contribution in [0, 0.1) is 5.41 Å². The highest BCUT2D eigenvalue weighted by Gasteiger charge is 2.40. The minimum Gasteiger partial charge on any atom is -0.465 e. The Labute approximate surface area is 88.7 Å². The molecule has 0 aliphatic heterocycles. The van der Waals surface area contributed by atoms with Gasteiger partial charge >= 0.3 is 5.97 Å². The molecule has 0 fully saturated rings. The number of aliphatic hydroxyl groups is 2. The number of ether oxygens (including phenoxy) is 1. The van der Waals surface area contributed by atoms with Gasteiger partial charge in [-0.1, -0.05) is 0 Å². The van der Waals surface area contributed by atoms with Crippen LogP contribution < -0.4 is 0 Å². The van der Waals surface area contributed by atoms with Crippen molar-refractivity contribution < 1.29 is 29.5 Å². The molecule has 0 saturated heterocycles. The fraction of sp³-hybridized carbons (Fsp3) is 0.889. The zero-order chi connectivity index (χ0) is 11.7. The Kier molecular flexibility index (Phi) is 7.23. The number of rotatable bonds is 8.